The molecule has 2 heterocycles. The summed E-state index contributed by atoms with van der Waals surface area (Å²) in [7, 11) is -3.80. The number of carbonyl (C=O) groups is 1. The number of halogens is 1. The van der Waals surface area contributed by atoms with Crippen molar-refractivity contribution in [3.05, 3.63) is 64.1 Å². The van der Waals surface area contributed by atoms with Crippen molar-refractivity contribution < 1.29 is 13.2 Å². The number of hydrazone groups is 1. The van der Waals surface area contributed by atoms with Crippen molar-refractivity contribution in [2.75, 3.05) is 13.1 Å². The highest BCUT2D eigenvalue weighted by Crippen LogP contribution is 2.39. The predicted octanol–water partition coefficient (Wildman–Crippen LogP) is 2.90. The average molecular weight is 463 g/mol. The number of rotatable bonds is 4. The molecule has 1 atom stereocenters. The van der Waals surface area contributed by atoms with Gasteiger partial charge in [-0.15, -0.1) is 5.10 Å². The van der Waals surface area contributed by atoms with E-state index >= 15 is 0 Å². The molecule has 2 aliphatic rings. The quantitative estimate of drug-likeness (QED) is 0.699. The summed E-state index contributed by atoms with van der Waals surface area (Å²) >= 11 is 3.40. The predicted molar refractivity (Wildman–Crippen MR) is 109 cm³/mol. The fourth-order valence-corrected chi connectivity index (χ4v) is 5.75. The summed E-state index contributed by atoms with van der Waals surface area (Å²) in [6.07, 6.45) is -0.845. The topological polar surface area (TPSA) is 73.3 Å². The highest BCUT2D eigenvalue weighted by atomic mass is 79.9. The van der Waals surface area contributed by atoms with Crippen LogP contribution in [0.4, 0.5) is 0 Å². The van der Waals surface area contributed by atoms with Gasteiger partial charge in [0.25, 0.3) is 15.9 Å². The number of carbonyl (C=O) groups excluding carboxylic acids is 1. The second-order valence-electron chi connectivity index (χ2n) is 6.42. The van der Waals surface area contributed by atoms with Gasteiger partial charge >= 0.3 is 0 Å². The van der Waals surface area contributed by atoms with Crippen LogP contribution in [0, 0.1) is 0 Å². The van der Waals surface area contributed by atoms with Gasteiger partial charge in [-0.25, -0.2) is 12.7 Å². The lowest BCUT2D eigenvalue weighted by atomic mass is 10.2. The number of hydrogen-bond donors (Lipinski definition) is 0. The summed E-state index contributed by atoms with van der Waals surface area (Å²) in [6, 6.07) is 13.8. The van der Waals surface area contributed by atoms with Crippen LogP contribution >= 0.6 is 15.9 Å². The fourth-order valence-electron chi connectivity index (χ4n) is 3.56. The Kier molecular flexibility index (Phi) is 4.76. The van der Waals surface area contributed by atoms with Gasteiger partial charge in [0, 0.05) is 10.0 Å². The first kappa shape index (κ1) is 19.1. The second-order valence-corrected chi connectivity index (χ2v) is 9.06. The van der Waals surface area contributed by atoms with Gasteiger partial charge in [-0.2, -0.15) is 5.01 Å². The molecule has 0 unspecified atom stereocenters. The minimum Gasteiger partial charge on any atom is -0.267 e. The third-order valence-corrected chi connectivity index (χ3v) is 7.44. The fraction of sp³-hybridized carbons (Fsp3) is 0.263. The lowest BCUT2D eigenvalue weighted by Gasteiger charge is -2.35. The van der Waals surface area contributed by atoms with Gasteiger partial charge in [-0.3, -0.25) is 9.69 Å². The smallest absolute Gasteiger partial charge is 0.267 e. The SMILES string of the molecule is CCN(CC)[C@@H]1N(C(=O)c2ccccc2Br)N=C2c3ccccc3S(=O)(=O)N21. The molecule has 4 rings (SSSR count). The molecule has 0 saturated heterocycles. The Labute approximate surface area is 172 Å². The first-order valence-corrected chi connectivity index (χ1v) is 11.2. The normalized spacial score (nSPS) is 19.6. The van der Waals surface area contributed by atoms with Crippen LogP contribution in [0.2, 0.25) is 0 Å². The minimum atomic E-state index is -3.80. The number of nitrogens with zero attached hydrogens (tertiary/aromatic N) is 4. The number of sulfonamides is 1. The van der Waals surface area contributed by atoms with Gasteiger partial charge in [-0.1, -0.05) is 38.1 Å². The number of benzene rings is 2. The lowest BCUT2D eigenvalue weighted by Crippen LogP contribution is -2.55. The van der Waals surface area contributed by atoms with Gasteiger partial charge in [-0.05, 0) is 53.3 Å². The molecular weight excluding hydrogens is 444 g/mol. The molecule has 2 aliphatic heterocycles. The molecule has 0 N–H and O–H groups in total. The van der Waals surface area contributed by atoms with Crippen LogP contribution in [-0.4, -0.2) is 53.8 Å². The molecule has 0 radical (unpaired) electrons. The molecule has 0 spiro atoms. The Bertz CT molecular complexity index is 1080. The van der Waals surface area contributed by atoms with Crippen LogP contribution in [0.1, 0.15) is 29.8 Å². The van der Waals surface area contributed by atoms with Crippen molar-refractivity contribution in [2.45, 2.75) is 25.0 Å². The Balaban J connectivity index is 1.89. The van der Waals surface area contributed by atoms with Crippen LogP contribution in [0.3, 0.4) is 0 Å². The Morgan fingerprint density at radius 1 is 1.11 bits per heavy atom. The van der Waals surface area contributed by atoms with E-state index in [9.17, 15) is 13.2 Å². The largest absolute Gasteiger partial charge is 0.278 e. The molecule has 28 heavy (non-hydrogen) atoms. The summed E-state index contributed by atoms with van der Waals surface area (Å²) in [5, 5.41) is 5.76. The third kappa shape index (κ3) is 2.68. The van der Waals surface area contributed by atoms with Crippen molar-refractivity contribution in [1.82, 2.24) is 14.2 Å². The van der Waals surface area contributed by atoms with Crippen LogP contribution in [0.25, 0.3) is 0 Å². The average Bonchev–Trinajstić information content (AvgIpc) is 3.19. The van der Waals surface area contributed by atoms with Gasteiger partial charge in [0.05, 0.1) is 10.5 Å². The maximum atomic E-state index is 13.3. The zero-order valence-electron chi connectivity index (χ0n) is 15.4. The van der Waals surface area contributed by atoms with E-state index in [0.29, 0.717) is 28.7 Å². The Morgan fingerprint density at radius 3 is 2.43 bits per heavy atom. The summed E-state index contributed by atoms with van der Waals surface area (Å²) in [4.78, 5) is 15.4. The van der Waals surface area contributed by atoms with E-state index in [1.165, 1.54) is 9.31 Å². The molecule has 0 fully saturated rings. The van der Waals surface area contributed by atoms with Crippen LogP contribution in [-0.2, 0) is 10.0 Å². The highest BCUT2D eigenvalue weighted by molar-refractivity contribution is 9.10. The van der Waals surface area contributed by atoms with E-state index < -0.39 is 16.3 Å². The number of fused-ring (bicyclic) bond motifs is 3. The summed E-state index contributed by atoms with van der Waals surface area (Å²) in [5.41, 5.74) is 0.943. The standard InChI is InChI=1S/C19H19BrN4O3S/c1-3-22(4-2)19-23(18(25)13-9-5-7-11-15(13)20)21-17-14-10-6-8-12-16(14)28(26,27)24(17)19/h5-12,19H,3-4H2,1-2H3/t19-/m1/s1. The molecule has 7 nitrogen and oxygen atoms in total. The summed E-state index contributed by atoms with van der Waals surface area (Å²) in [6.45, 7) is 4.98. The van der Waals surface area contributed by atoms with Gasteiger partial charge in [0.15, 0.2) is 12.1 Å². The summed E-state index contributed by atoms with van der Waals surface area (Å²) < 4.78 is 28.4. The van der Waals surface area contributed by atoms with Gasteiger partial charge < -0.3 is 0 Å². The monoisotopic (exact) mass is 462 g/mol. The molecule has 9 heteroatoms. The molecule has 0 aliphatic carbocycles. The zero-order valence-corrected chi connectivity index (χ0v) is 17.8. The van der Waals surface area contributed by atoms with Crippen molar-refractivity contribution in [3.63, 3.8) is 0 Å². The number of amides is 1. The Hall–Kier alpha value is -2.23. The Morgan fingerprint density at radius 2 is 1.75 bits per heavy atom. The maximum absolute atomic E-state index is 13.3. The van der Waals surface area contributed by atoms with Crippen molar-refractivity contribution >= 4 is 37.7 Å². The van der Waals surface area contributed by atoms with Crippen molar-refractivity contribution in [3.8, 4) is 0 Å². The summed E-state index contributed by atoms with van der Waals surface area (Å²) in [5.74, 6) is -0.0770. The zero-order chi connectivity index (χ0) is 20.1. The molecule has 2 aromatic rings. The van der Waals surface area contributed by atoms with Crippen molar-refractivity contribution in [2.24, 2.45) is 5.10 Å². The van der Waals surface area contributed by atoms with Crippen LogP contribution < -0.4 is 0 Å². The third-order valence-electron chi connectivity index (χ3n) is 4.96. The van der Waals surface area contributed by atoms with Crippen LogP contribution in [0.5, 0.6) is 0 Å². The molecular formula is C19H19BrN4O3S. The number of hydrogen-bond acceptors (Lipinski definition) is 5. The molecule has 1 amide bonds. The molecule has 146 valence electrons. The van der Waals surface area contributed by atoms with Crippen LogP contribution in [0.15, 0.2) is 63.0 Å². The van der Waals surface area contributed by atoms with E-state index in [1.807, 2.05) is 24.8 Å². The van der Waals surface area contributed by atoms with E-state index in [0.717, 1.165) is 0 Å². The van der Waals surface area contributed by atoms with Gasteiger partial charge in [0.1, 0.15) is 0 Å². The lowest BCUT2D eigenvalue weighted by molar-refractivity contribution is 0.0183. The van der Waals surface area contributed by atoms with Gasteiger partial charge in [0.2, 0.25) is 0 Å². The molecule has 0 saturated carbocycles. The van der Waals surface area contributed by atoms with E-state index in [1.54, 1.807) is 42.5 Å². The van der Waals surface area contributed by atoms with E-state index in [4.69, 9.17) is 0 Å². The maximum Gasteiger partial charge on any atom is 0.278 e. The first-order chi connectivity index (χ1) is 13.4. The molecule has 2 aromatic carbocycles. The first-order valence-electron chi connectivity index (χ1n) is 8.96. The minimum absolute atomic E-state index is 0.221. The molecule has 0 aromatic heterocycles. The molecule has 0 bridgehead atoms. The van der Waals surface area contributed by atoms with E-state index in [-0.39, 0.29) is 16.6 Å². The van der Waals surface area contributed by atoms with E-state index in [2.05, 4.69) is 21.0 Å². The van der Waals surface area contributed by atoms with Crippen molar-refractivity contribution in [1.29, 1.82) is 0 Å². The highest BCUT2D eigenvalue weighted by Gasteiger charge is 2.53. The number of amidine groups is 1. The second kappa shape index (κ2) is 6.98.